The van der Waals surface area contributed by atoms with Crippen LogP contribution in [0.2, 0.25) is 5.02 Å². The lowest BCUT2D eigenvalue weighted by atomic mass is 10.1. The van der Waals surface area contributed by atoms with Crippen LogP contribution >= 0.6 is 11.6 Å². The molecule has 1 rings (SSSR count). The fraction of sp³-hybridized carbons (Fsp3) is 0.500. The van der Waals surface area contributed by atoms with Gasteiger partial charge in [-0.15, -0.1) is 0 Å². The number of amides is 1. The Hall–Kier alpha value is -1.06. The summed E-state index contributed by atoms with van der Waals surface area (Å²) >= 11 is 6.12. The van der Waals surface area contributed by atoms with Gasteiger partial charge in [-0.05, 0) is 38.0 Å². The van der Waals surface area contributed by atoms with E-state index < -0.39 is 0 Å². The number of hydrogen-bond donors (Lipinski definition) is 2. The Kier molecular flexibility index (Phi) is 6.16. The summed E-state index contributed by atoms with van der Waals surface area (Å²) < 4.78 is 0. The summed E-state index contributed by atoms with van der Waals surface area (Å²) in [6.45, 7) is 7.27. The van der Waals surface area contributed by atoms with Gasteiger partial charge in [-0.2, -0.15) is 0 Å². The lowest BCUT2D eigenvalue weighted by molar-refractivity contribution is -0.121. The molecule has 1 aromatic carbocycles. The zero-order valence-corrected chi connectivity index (χ0v) is 12.0. The molecule has 0 spiro atoms. The molecule has 0 atom stereocenters. The molecule has 0 fully saturated rings. The molecule has 100 valence electrons. The van der Waals surface area contributed by atoms with Crippen LogP contribution < -0.4 is 10.6 Å². The van der Waals surface area contributed by atoms with Crippen molar-refractivity contribution in [3.63, 3.8) is 0 Å². The first-order chi connectivity index (χ1) is 8.49. The van der Waals surface area contributed by atoms with Gasteiger partial charge in [0.05, 0.1) is 0 Å². The lowest BCUT2D eigenvalue weighted by Gasteiger charge is -2.09. The molecule has 0 bridgehead atoms. The molecular formula is C14H21ClN2O. The molecule has 0 aromatic heterocycles. The van der Waals surface area contributed by atoms with Crippen molar-refractivity contribution in [2.24, 2.45) is 0 Å². The summed E-state index contributed by atoms with van der Waals surface area (Å²) in [4.78, 5) is 11.4. The number of benzene rings is 1. The Morgan fingerprint density at radius 3 is 2.72 bits per heavy atom. The summed E-state index contributed by atoms with van der Waals surface area (Å²) in [6.07, 6.45) is 0.488. The van der Waals surface area contributed by atoms with Crippen LogP contribution in [0.4, 0.5) is 0 Å². The van der Waals surface area contributed by atoms with Crippen molar-refractivity contribution in [2.45, 2.75) is 39.8 Å². The fourth-order valence-electron chi connectivity index (χ4n) is 1.61. The van der Waals surface area contributed by atoms with Crippen molar-refractivity contribution in [1.29, 1.82) is 0 Å². The third-order valence-corrected chi connectivity index (χ3v) is 2.85. The summed E-state index contributed by atoms with van der Waals surface area (Å²) in [7, 11) is 0. The van der Waals surface area contributed by atoms with Crippen LogP contribution in [0.1, 0.15) is 31.4 Å². The third kappa shape index (κ3) is 5.52. The third-order valence-electron chi connectivity index (χ3n) is 2.50. The first-order valence-electron chi connectivity index (χ1n) is 6.24. The molecule has 3 nitrogen and oxygen atoms in total. The van der Waals surface area contributed by atoms with E-state index in [4.69, 9.17) is 11.6 Å². The smallest absolute Gasteiger partial charge is 0.221 e. The van der Waals surface area contributed by atoms with Gasteiger partial charge in [0.1, 0.15) is 0 Å². The Bertz CT molecular complexity index is 405. The van der Waals surface area contributed by atoms with Crippen LogP contribution in [-0.2, 0) is 11.3 Å². The maximum absolute atomic E-state index is 11.4. The second-order valence-corrected chi connectivity index (χ2v) is 5.15. The van der Waals surface area contributed by atoms with E-state index in [-0.39, 0.29) is 11.9 Å². The molecule has 2 N–H and O–H groups in total. The van der Waals surface area contributed by atoms with Crippen LogP contribution in [0.3, 0.4) is 0 Å². The van der Waals surface area contributed by atoms with Gasteiger partial charge >= 0.3 is 0 Å². The highest BCUT2D eigenvalue weighted by molar-refractivity contribution is 6.31. The highest BCUT2D eigenvalue weighted by atomic mass is 35.5. The van der Waals surface area contributed by atoms with Crippen LogP contribution in [0.15, 0.2) is 18.2 Å². The first kappa shape index (κ1) is 15.0. The van der Waals surface area contributed by atoms with Gasteiger partial charge in [0, 0.05) is 30.6 Å². The zero-order chi connectivity index (χ0) is 13.5. The topological polar surface area (TPSA) is 41.1 Å². The maximum atomic E-state index is 11.4. The monoisotopic (exact) mass is 268 g/mol. The van der Waals surface area contributed by atoms with E-state index in [1.54, 1.807) is 0 Å². The predicted octanol–water partition coefficient (Wildman–Crippen LogP) is 2.65. The fourth-order valence-corrected chi connectivity index (χ4v) is 1.92. The minimum atomic E-state index is 0.0764. The minimum Gasteiger partial charge on any atom is -0.354 e. The molecule has 0 heterocycles. The van der Waals surface area contributed by atoms with E-state index in [0.717, 1.165) is 16.1 Å². The van der Waals surface area contributed by atoms with E-state index in [1.807, 2.05) is 39.0 Å². The van der Waals surface area contributed by atoms with Crippen LogP contribution in [0, 0.1) is 6.92 Å². The summed E-state index contributed by atoms with van der Waals surface area (Å²) in [5, 5.41) is 6.85. The molecule has 4 heteroatoms. The van der Waals surface area contributed by atoms with Gasteiger partial charge in [0.15, 0.2) is 0 Å². The Morgan fingerprint density at radius 2 is 2.11 bits per heavy atom. The molecule has 18 heavy (non-hydrogen) atoms. The molecule has 0 aliphatic heterocycles. The van der Waals surface area contributed by atoms with Gasteiger partial charge in [-0.3, -0.25) is 4.79 Å². The van der Waals surface area contributed by atoms with Gasteiger partial charge in [-0.1, -0.05) is 23.7 Å². The largest absolute Gasteiger partial charge is 0.354 e. The number of carbonyl (C=O) groups excluding carboxylic acids is 1. The van der Waals surface area contributed by atoms with Crippen molar-refractivity contribution in [2.75, 3.05) is 6.54 Å². The zero-order valence-electron chi connectivity index (χ0n) is 11.2. The van der Waals surface area contributed by atoms with Gasteiger partial charge in [0.25, 0.3) is 0 Å². The first-order valence-corrected chi connectivity index (χ1v) is 6.62. The van der Waals surface area contributed by atoms with Crippen LogP contribution in [-0.4, -0.2) is 18.5 Å². The van der Waals surface area contributed by atoms with Crippen molar-refractivity contribution in [3.8, 4) is 0 Å². The second kappa shape index (κ2) is 7.39. The molecule has 0 aliphatic rings. The number of nitrogens with one attached hydrogen (secondary N) is 2. The molecule has 0 saturated heterocycles. The maximum Gasteiger partial charge on any atom is 0.221 e. The number of carbonyl (C=O) groups is 1. The lowest BCUT2D eigenvalue weighted by Crippen LogP contribution is -2.32. The molecule has 0 saturated carbocycles. The van der Waals surface area contributed by atoms with Crippen molar-refractivity contribution >= 4 is 17.5 Å². The van der Waals surface area contributed by atoms with E-state index in [1.165, 1.54) is 0 Å². The van der Waals surface area contributed by atoms with Gasteiger partial charge < -0.3 is 10.6 Å². The van der Waals surface area contributed by atoms with Crippen molar-refractivity contribution in [3.05, 3.63) is 34.3 Å². The predicted molar refractivity (Wildman–Crippen MR) is 75.8 cm³/mol. The second-order valence-electron chi connectivity index (χ2n) is 4.74. The molecule has 0 aliphatic carbocycles. The minimum absolute atomic E-state index is 0.0764. The van der Waals surface area contributed by atoms with Gasteiger partial charge in [0.2, 0.25) is 5.91 Å². The van der Waals surface area contributed by atoms with E-state index in [9.17, 15) is 4.79 Å². The number of rotatable bonds is 6. The van der Waals surface area contributed by atoms with Crippen LogP contribution in [0.25, 0.3) is 0 Å². The Balaban J connectivity index is 2.27. The summed E-state index contributed by atoms with van der Waals surface area (Å²) in [5.74, 6) is 0.0764. The average Bonchev–Trinajstić information content (AvgIpc) is 2.25. The SMILES string of the molecule is Cc1ccc(CNCCC(=O)NC(C)C)c(Cl)c1. The van der Waals surface area contributed by atoms with E-state index in [2.05, 4.69) is 10.6 Å². The normalized spacial score (nSPS) is 10.7. The van der Waals surface area contributed by atoms with Gasteiger partial charge in [-0.25, -0.2) is 0 Å². The van der Waals surface area contributed by atoms with Crippen molar-refractivity contribution in [1.82, 2.24) is 10.6 Å². The molecule has 1 amide bonds. The molecule has 1 aromatic rings. The van der Waals surface area contributed by atoms with Crippen molar-refractivity contribution < 1.29 is 4.79 Å². The number of halogens is 1. The summed E-state index contributed by atoms with van der Waals surface area (Å²) in [6, 6.07) is 6.20. The summed E-state index contributed by atoms with van der Waals surface area (Å²) in [5.41, 5.74) is 2.21. The molecular weight excluding hydrogens is 248 g/mol. The Labute approximate surface area is 114 Å². The number of hydrogen-bond acceptors (Lipinski definition) is 2. The van der Waals surface area contributed by atoms with Crippen LogP contribution in [0.5, 0.6) is 0 Å². The van der Waals surface area contributed by atoms with E-state index in [0.29, 0.717) is 19.5 Å². The van der Waals surface area contributed by atoms with E-state index >= 15 is 0 Å². The average molecular weight is 269 g/mol. The quantitative estimate of drug-likeness (QED) is 0.779. The standard InChI is InChI=1S/C14H21ClN2O/c1-10(2)17-14(18)6-7-16-9-12-5-4-11(3)8-13(12)15/h4-5,8,10,16H,6-7,9H2,1-3H3,(H,17,18). The highest BCUT2D eigenvalue weighted by Gasteiger charge is 2.03. The molecule has 0 radical (unpaired) electrons. The molecule has 0 unspecified atom stereocenters. The highest BCUT2D eigenvalue weighted by Crippen LogP contribution is 2.17. The Morgan fingerprint density at radius 1 is 1.39 bits per heavy atom. The number of aryl methyl sites for hydroxylation is 1.